The smallest absolute Gasteiger partial charge is 0.235 e. The van der Waals surface area contributed by atoms with Crippen LogP contribution < -0.4 is 0 Å². The number of aryl methyl sites for hydroxylation is 1. The summed E-state index contributed by atoms with van der Waals surface area (Å²) >= 11 is 3.20. The van der Waals surface area contributed by atoms with Crippen LogP contribution in [-0.4, -0.2) is 6.08 Å². The number of isocyanates is 1. The number of rotatable bonds is 2. The van der Waals surface area contributed by atoms with Gasteiger partial charge in [0.2, 0.25) is 6.08 Å². The minimum absolute atomic E-state index is 0.256. The maximum atomic E-state index is 9.96. The molecule has 1 aromatic rings. The van der Waals surface area contributed by atoms with Crippen LogP contribution in [-0.2, 0) is 4.79 Å². The van der Waals surface area contributed by atoms with Gasteiger partial charge in [-0.1, -0.05) is 0 Å². The van der Waals surface area contributed by atoms with Gasteiger partial charge in [0.25, 0.3) is 0 Å². The summed E-state index contributed by atoms with van der Waals surface area (Å²) in [7, 11) is 0. The van der Waals surface area contributed by atoms with E-state index in [4.69, 9.17) is 4.42 Å². The third kappa shape index (κ3) is 1.84. The van der Waals surface area contributed by atoms with Crippen molar-refractivity contribution in [1.29, 1.82) is 0 Å². The van der Waals surface area contributed by atoms with Crippen molar-refractivity contribution in [3.63, 3.8) is 0 Å². The molecule has 4 heteroatoms. The lowest BCUT2D eigenvalue weighted by molar-refractivity contribution is 0.457. The molecule has 0 amide bonds. The van der Waals surface area contributed by atoms with Gasteiger partial charge < -0.3 is 4.42 Å². The quantitative estimate of drug-likeness (QED) is 0.579. The highest BCUT2D eigenvalue weighted by molar-refractivity contribution is 9.10. The van der Waals surface area contributed by atoms with Crippen molar-refractivity contribution in [2.75, 3.05) is 0 Å². The highest BCUT2D eigenvalue weighted by Crippen LogP contribution is 2.26. The molecule has 0 N–H and O–H groups in total. The Hall–Kier alpha value is -0.860. The van der Waals surface area contributed by atoms with Crippen molar-refractivity contribution in [3.05, 3.63) is 22.1 Å². The van der Waals surface area contributed by atoms with E-state index in [9.17, 15) is 4.79 Å². The molecule has 0 aliphatic carbocycles. The molecule has 1 aromatic heterocycles. The van der Waals surface area contributed by atoms with Crippen LogP contribution in [0.15, 0.2) is 20.1 Å². The molecule has 1 atom stereocenters. The maximum absolute atomic E-state index is 9.96. The fourth-order valence-corrected chi connectivity index (χ4v) is 1.53. The van der Waals surface area contributed by atoms with Crippen LogP contribution in [0.5, 0.6) is 0 Å². The van der Waals surface area contributed by atoms with Crippen molar-refractivity contribution < 1.29 is 9.21 Å². The molecular formula is C8H8BrNO2. The average Bonchev–Trinajstić information content (AvgIpc) is 2.30. The Morgan fingerprint density at radius 1 is 1.75 bits per heavy atom. The molecule has 1 unspecified atom stereocenters. The Morgan fingerprint density at radius 3 is 2.83 bits per heavy atom. The highest BCUT2D eigenvalue weighted by Gasteiger charge is 2.12. The van der Waals surface area contributed by atoms with Gasteiger partial charge in [0.15, 0.2) is 4.67 Å². The number of halogens is 1. The lowest BCUT2D eigenvalue weighted by atomic mass is 10.2. The normalized spacial score (nSPS) is 12.2. The van der Waals surface area contributed by atoms with Gasteiger partial charge in [-0.25, -0.2) is 4.79 Å². The summed E-state index contributed by atoms with van der Waals surface area (Å²) in [5.41, 5.74) is 0.980. The summed E-state index contributed by atoms with van der Waals surface area (Å²) in [6.45, 7) is 3.68. The zero-order valence-corrected chi connectivity index (χ0v) is 8.38. The van der Waals surface area contributed by atoms with E-state index in [0.717, 1.165) is 5.56 Å². The van der Waals surface area contributed by atoms with Gasteiger partial charge in [-0.15, -0.1) is 0 Å². The third-order valence-electron chi connectivity index (χ3n) is 1.55. The predicted molar refractivity (Wildman–Crippen MR) is 47.7 cm³/mol. The zero-order chi connectivity index (χ0) is 9.14. The molecule has 0 fully saturated rings. The first-order chi connectivity index (χ1) is 5.65. The molecular weight excluding hydrogens is 222 g/mol. The minimum Gasteiger partial charge on any atom is -0.452 e. The highest BCUT2D eigenvalue weighted by atomic mass is 79.9. The van der Waals surface area contributed by atoms with Crippen molar-refractivity contribution >= 4 is 22.0 Å². The van der Waals surface area contributed by atoms with E-state index in [1.165, 1.54) is 6.08 Å². The topological polar surface area (TPSA) is 42.6 Å². The summed E-state index contributed by atoms with van der Waals surface area (Å²) in [5, 5.41) is 0. The van der Waals surface area contributed by atoms with E-state index in [1.54, 1.807) is 6.92 Å². The molecule has 3 nitrogen and oxygen atoms in total. The van der Waals surface area contributed by atoms with Crippen LogP contribution in [0.1, 0.15) is 24.3 Å². The molecule has 0 radical (unpaired) electrons. The van der Waals surface area contributed by atoms with Gasteiger partial charge in [0, 0.05) is 0 Å². The van der Waals surface area contributed by atoms with E-state index >= 15 is 0 Å². The number of hydrogen-bond donors (Lipinski definition) is 0. The number of aliphatic imine (C=N–C) groups is 1. The first-order valence-corrected chi connectivity index (χ1v) is 4.27. The fraction of sp³-hybridized carbons (Fsp3) is 0.375. The first-order valence-electron chi connectivity index (χ1n) is 3.48. The number of nitrogens with zero attached hydrogens (tertiary/aromatic N) is 1. The molecule has 0 saturated carbocycles. The van der Waals surface area contributed by atoms with E-state index < -0.39 is 0 Å². The SMILES string of the molecule is Cc1cc(Br)oc1C(C)N=C=O. The summed E-state index contributed by atoms with van der Waals surface area (Å²) < 4.78 is 5.93. The standard InChI is InChI=1S/C8H8BrNO2/c1-5-3-7(9)12-8(5)6(2)10-4-11/h3,6H,1-2H3. The van der Waals surface area contributed by atoms with Gasteiger partial charge in [-0.2, -0.15) is 4.99 Å². The Kier molecular flexibility index (Phi) is 2.84. The Labute approximate surface area is 78.6 Å². The van der Waals surface area contributed by atoms with Crippen LogP contribution in [0.2, 0.25) is 0 Å². The Morgan fingerprint density at radius 2 is 2.42 bits per heavy atom. The average molecular weight is 230 g/mol. The molecule has 0 saturated heterocycles. The second-order valence-electron chi connectivity index (χ2n) is 2.49. The molecule has 1 heterocycles. The van der Waals surface area contributed by atoms with Crippen molar-refractivity contribution in [2.24, 2.45) is 4.99 Å². The van der Waals surface area contributed by atoms with Crippen molar-refractivity contribution in [3.8, 4) is 0 Å². The van der Waals surface area contributed by atoms with E-state index in [2.05, 4.69) is 20.9 Å². The van der Waals surface area contributed by atoms with E-state index in [1.807, 2.05) is 13.0 Å². The second kappa shape index (κ2) is 3.70. The van der Waals surface area contributed by atoms with Gasteiger partial charge in [0.05, 0.1) is 0 Å². The Balaban J connectivity index is 3.01. The lowest BCUT2D eigenvalue weighted by Gasteiger charge is -1.99. The van der Waals surface area contributed by atoms with E-state index in [-0.39, 0.29) is 6.04 Å². The summed E-state index contributed by atoms with van der Waals surface area (Å²) in [6, 6.07) is 1.58. The van der Waals surface area contributed by atoms with Gasteiger partial charge in [0.1, 0.15) is 11.8 Å². The predicted octanol–water partition coefficient (Wildman–Crippen LogP) is 2.75. The largest absolute Gasteiger partial charge is 0.452 e. The summed E-state index contributed by atoms with van der Waals surface area (Å²) in [6.07, 6.45) is 1.50. The number of hydrogen-bond acceptors (Lipinski definition) is 3. The minimum atomic E-state index is -0.256. The molecule has 0 spiro atoms. The van der Waals surface area contributed by atoms with Crippen LogP contribution in [0.3, 0.4) is 0 Å². The number of furan rings is 1. The molecule has 0 aliphatic heterocycles. The van der Waals surface area contributed by atoms with Crippen LogP contribution in [0.25, 0.3) is 0 Å². The second-order valence-corrected chi connectivity index (χ2v) is 3.28. The van der Waals surface area contributed by atoms with Gasteiger partial charge >= 0.3 is 0 Å². The molecule has 64 valence electrons. The van der Waals surface area contributed by atoms with Crippen molar-refractivity contribution in [1.82, 2.24) is 0 Å². The number of carbonyl (C=O) groups excluding carboxylic acids is 1. The van der Waals surface area contributed by atoms with Crippen LogP contribution in [0.4, 0.5) is 0 Å². The summed E-state index contributed by atoms with van der Waals surface area (Å²) in [4.78, 5) is 13.5. The lowest BCUT2D eigenvalue weighted by Crippen LogP contribution is -1.87. The molecule has 0 aromatic carbocycles. The molecule has 0 bridgehead atoms. The van der Waals surface area contributed by atoms with E-state index in [0.29, 0.717) is 10.4 Å². The van der Waals surface area contributed by atoms with Crippen LogP contribution in [0, 0.1) is 6.92 Å². The van der Waals surface area contributed by atoms with Gasteiger partial charge in [-0.05, 0) is 41.4 Å². The monoisotopic (exact) mass is 229 g/mol. The summed E-state index contributed by atoms with van der Waals surface area (Å²) in [5.74, 6) is 0.699. The maximum Gasteiger partial charge on any atom is 0.235 e. The van der Waals surface area contributed by atoms with Crippen molar-refractivity contribution in [2.45, 2.75) is 19.9 Å². The molecule has 12 heavy (non-hydrogen) atoms. The van der Waals surface area contributed by atoms with Crippen LogP contribution >= 0.6 is 15.9 Å². The van der Waals surface area contributed by atoms with Gasteiger partial charge in [-0.3, -0.25) is 0 Å². The fourth-order valence-electron chi connectivity index (χ4n) is 1.01. The Bertz CT molecular complexity index is 326. The molecule has 0 aliphatic rings. The first kappa shape index (κ1) is 9.23. The third-order valence-corrected chi connectivity index (χ3v) is 1.94. The molecule has 1 rings (SSSR count). The zero-order valence-electron chi connectivity index (χ0n) is 6.80.